The summed E-state index contributed by atoms with van der Waals surface area (Å²) in [5.74, 6) is 0. The molecule has 0 amide bonds. The van der Waals surface area contributed by atoms with Crippen LogP contribution in [0.25, 0.3) is 0 Å². The van der Waals surface area contributed by atoms with Gasteiger partial charge in [0, 0.05) is 27.5 Å². The maximum atomic E-state index is 12.8. The lowest BCUT2D eigenvalue weighted by molar-refractivity contribution is 0.578. The lowest BCUT2D eigenvalue weighted by Crippen LogP contribution is -2.14. The van der Waals surface area contributed by atoms with Gasteiger partial charge in [0.2, 0.25) is 8.87 Å². The first kappa shape index (κ1) is 19.2. The van der Waals surface area contributed by atoms with E-state index in [1.807, 2.05) is 38.1 Å². The Kier molecular flexibility index (Phi) is 5.57. The lowest BCUT2D eigenvalue weighted by atomic mass is 9.86. The second-order valence-corrected chi connectivity index (χ2v) is 10.8. The maximum absolute atomic E-state index is 12.8. The fourth-order valence-corrected chi connectivity index (χ4v) is 5.74. The van der Waals surface area contributed by atoms with E-state index in [1.165, 1.54) is 0 Å². The highest BCUT2D eigenvalue weighted by Gasteiger charge is 2.25. The van der Waals surface area contributed by atoms with Crippen molar-refractivity contribution in [1.82, 2.24) is 0 Å². The average molecular weight is 384 g/mol. The molecule has 0 saturated carbocycles. The third-order valence-electron chi connectivity index (χ3n) is 3.75. The van der Waals surface area contributed by atoms with Crippen LogP contribution in [0.1, 0.15) is 37.5 Å². The number of hydrogen-bond donors (Lipinski definition) is 1. The molecule has 2 rings (SSSR count). The molecule has 0 heterocycles. The molecule has 3 nitrogen and oxygen atoms in total. The maximum Gasteiger partial charge on any atom is 0.234 e. The van der Waals surface area contributed by atoms with E-state index >= 15 is 0 Å². The molecule has 0 saturated heterocycles. The second-order valence-electron chi connectivity index (χ2n) is 6.86. The van der Waals surface area contributed by atoms with Crippen molar-refractivity contribution in [3.8, 4) is 0 Å². The van der Waals surface area contributed by atoms with Crippen molar-refractivity contribution in [2.75, 3.05) is 4.84 Å². The van der Waals surface area contributed by atoms with Crippen molar-refractivity contribution in [2.24, 2.45) is 0 Å². The van der Waals surface area contributed by atoms with Crippen molar-refractivity contribution >= 4 is 37.1 Å². The fraction of sp³-hybridized carbons (Fsp3) is 0.333. The van der Waals surface area contributed by atoms with E-state index in [0.29, 0.717) is 4.90 Å². The first-order chi connectivity index (χ1) is 11.0. The zero-order valence-electron chi connectivity index (χ0n) is 14.5. The molecule has 130 valence electrons. The fourth-order valence-electron chi connectivity index (χ4n) is 2.31. The van der Waals surface area contributed by atoms with E-state index in [9.17, 15) is 8.42 Å². The number of halogens is 1. The number of hydrogen-bond acceptors (Lipinski definition) is 4. The third-order valence-corrected chi connectivity index (χ3v) is 7.31. The minimum absolute atomic E-state index is 0.207. The van der Waals surface area contributed by atoms with E-state index in [0.717, 1.165) is 38.1 Å². The molecule has 0 bridgehead atoms. The van der Waals surface area contributed by atoms with Crippen molar-refractivity contribution in [3.05, 3.63) is 53.1 Å². The Bertz CT molecular complexity index is 839. The molecule has 6 heteroatoms. The molecule has 1 N–H and O–H groups in total. The third kappa shape index (κ3) is 4.26. The minimum Gasteiger partial charge on any atom is -0.298 e. The molecular weight excluding hydrogens is 362 g/mol. The minimum atomic E-state index is -3.49. The summed E-state index contributed by atoms with van der Waals surface area (Å²) in [7, 11) is -2.59. The molecule has 2 aromatic rings. The van der Waals surface area contributed by atoms with Gasteiger partial charge in [-0.3, -0.25) is 4.84 Å². The van der Waals surface area contributed by atoms with Gasteiger partial charge in [-0.25, -0.2) is 8.42 Å². The van der Waals surface area contributed by atoms with Gasteiger partial charge < -0.3 is 0 Å². The Hall–Kier alpha value is -1.17. The van der Waals surface area contributed by atoms with Crippen LogP contribution in [-0.2, 0) is 14.3 Å². The largest absolute Gasteiger partial charge is 0.298 e. The lowest BCUT2D eigenvalue weighted by Gasteiger charge is -2.24. The van der Waals surface area contributed by atoms with Crippen LogP contribution in [0.15, 0.2) is 46.2 Å². The molecule has 0 spiro atoms. The Labute approximate surface area is 153 Å². The van der Waals surface area contributed by atoms with Gasteiger partial charge in [-0.1, -0.05) is 38.5 Å². The molecule has 0 atom stereocenters. The monoisotopic (exact) mass is 383 g/mol. The van der Waals surface area contributed by atoms with Crippen LogP contribution < -0.4 is 4.84 Å². The summed E-state index contributed by atoms with van der Waals surface area (Å²) in [6.45, 7) is 10.00. The summed E-state index contributed by atoms with van der Waals surface area (Å²) in [6.07, 6.45) is 0. The van der Waals surface area contributed by atoms with E-state index < -0.39 is 8.87 Å². The standard InChI is InChI=1S/C18H22ClNO2S2/c1-12-6-8-14(9-7-12)24(21,22)23-17-10-13(2)16(20-19)11-15(17)18(3,4)5/h6-11,20H,1-5H3. The topological polar surface area (TPSA) is 46.2 Å². The SMILES string of the molecule is Cc1ccc(S(=O)(=O)Sc2cc(C)c(NCl)cc2C(C)(C)C)cc1. The summed E-state index contributed by atoms with van der Waals surface area (Å²) in [5.41, 5.74) is 3.46. The van der Waals surface area contributed by atoms with Crippen LogP contribution in [0, 0.1) is 13.8 Å². The van der Waals surface area contributed by atoms with Crippen LogP contribution in [-0.4, -0.2) is 8.42 Å². The molecular formula is C18H22ClNO2S2. The quantitative estimate of drug-likeness (QED) is 0.547. The summed E-state index contributed by atoms with van der Waals surface area (Å²) < 4.78 is 25.6. The highest BCUT2D eigenvalue weighted by molar-refractivity contribution is 8.72. The zero-order valence-corrected chi connectivity index (χ0v) is 16.9. The first-order valence-electron chi connectivity index (χ1n) is 7.57. The van der Waals surface area contributed by atoms with E-state index in [4.69, 9.17) is 11.8 Å². The molecule has 2 aromatic carbocycles. The van der Waals surface area contributed by atoms with Gasteiger partial charge in [0.15, 0.2) is 0 Å². The summed E-state index contributed by atoms with van der Waals surface area (Å²) in [5, 5.41) is 0. The number of nitrogens with one attached hydrogen (secondary N) is 1. The van der Waals surface area contributed by atoms with Crippen LogP contribution in [0.3, 0.4) is 0 Å². The molecule has 0 radical (unpaired) electrons. The summed E-state index contributed by atoms with van der Waals surface area (Å²) in [6, 6.07) is 10.7. The Morgan fingerprint density at radius 3 is 2.12 bits per heavy atom. The number of anilines is 1. The Balaban J connectivity index is 2.52. The molecule has 0 aromatic heterocycles. The average Bonchev–Trinajstić information content (AvgIpc) is 2.46. The van der Waals surface area contributed by atoms with E-state index in [2.05, 4.69) is 25.6 Å². The second kappa shape index (κ2) is 6.98. The molecule has 0 aliphatic carbocycles. The summed E-state index contributed by atoms with van der Waals surface area (Å²) >= 11 is 5.78. The van der Waals surface area contributed by atoms with Crippen molar-refractivity contribution in [3.63, 3.8) is 0 Å². The predicted octanol–water partition coefficient (Wildman–Crippen LogP) is 5.65. The van der Waals surface area contributed by atoms with Gasteiger partial charge in [0.25, 0.3) is 0 Å². The van der Waals surface area contributed by atoms with Gasteiger partial charge in [0.05, 0.1) is 10.6 Å². The van der Waals surface area contributed by atoms with Crippen molar-refractivity contribution < 1.29 is 8.42 Å². The van der Waals surface area contributed by atoms with Crippen LogP contribution in [0.2, 0.25) is 0 Å². The van der Waals surface area contributed by atoms with Crippen LogP contribution in [0.4, 0.5) is 5.69 Å². The predicted molar refractivity (Wildman–Crippen MR) is 104 cm³/mol. The van der Waals surface area contributed by atoms with Crippen LogP contribution in [0.5, 0.6) is 0 Å². The molecule has 0 fully saturated rings. The Morgan fingerprint density at radius 1 is 1.04 bits per heavy atom. The molecule has 24 heavy (non-hydrogen) atoms. The molecule has 0 unspecified atom stereocenters. The molecule has 0 aliphatic rings. The number of rotatable bonds is 4. The first-order valence-corrected chi connectivity index (χ1v) is 10.8. The summed E-state index contributed by atoms with van der Waals surface area (Å²) in [4.78, 5) is 3.70. The van der Waals surface area contributed by atoms with Gasteiger partial charge in [-0.15, -0.1) is 0 Å². The number of benzene rings is 2. The van der Waals surface area contributed by atoms with E-state index in [1.54, 1.807) is 12.1 Å². The smallest absolute Gasteiger partial charge is 0.234 e. The Morgan fingerprint density at radius 2 is 1.62 bits per heavy atom. The number of aryl methyl sites for hydroxylation is 2. The zero-order chi connectivity index (χ0) is 18.1. The van der Waals surface area contributed by atoms with E-state index in [-0.39, 0.29) is 5.41 Å². The van der Waals surface area contributed by atoms with Gasteiger partial charge in [0.1, 0.15) is 0 Å². The van der Waals surface area contributed by atoms with Gasteiger partial charge in [-0.2, -0.15) is 0 Å². The molecule has 0 aliphatic heterocycles. The normalized spacial score (nSPS) is 12.2. The highest BCUT2D eigenvalue weighted by Crippen LogP contribution is 2.40. The highest BCUT2D eigenvalue weighted by atomic mass is 35.5. The van der Waals surface area contributed by atoms with Gasteiger partial charge >= 0.3 is 0 Å². The van der Waals surface area contributed by atoms with Crippen LogP contribution >= 0.6 is 22.6 Å². The van der Waals surface area contributed by atoms with Crippen molar-refractivity contribution in [1.29, 1.82) is 0 Å². The van der Waals surface area contributed by atoms with Gasteiger partial charge in [-0.05, 0) is 54.7 Å². The van der Waals surface area contributed by atoms with Crippen molar-refractivity contribution in [2.45, 2.75) is 49.8 Å².